The van der Waals surface area contributed by atoms with Crippen LogP contribution in [-0.4, -0.2) is 19.6 Å². The van der Waals surface area contributed by atoms with Crippen LogP contribution in [0, 0.1) is 5.82 Å². The molecule has 0 heterocycles. The van der Waals surface area contributed by atoms with Crippen LogP contribution >= 0.6 is 0 Å². The summed E-state index contributed by atoms with van der Waals surface area (Å²) in [7, 11) is 1.43. The van der Waals surface area contributed by atoms with Crippen molar-refractivity contribution in [2.24, 2.45) is 0 Å². The molecule has 0 aliphatic carbocycles. The zero-order chi connectivity index (χ0) is 13.1. The van der Waals surface area contributed by atoms with Crippen LogP contribution in [0.3, 0.4) is 0 Å². The van der Waals surface area contributed by atoms with Gasteiger partial charge in [-0.05, 0) is 17.7 Å². The Morgan fingerprint density at radius 1 is 1.47 bits per heavy atom. The van der Waals surface area contributed by atoms with E-state index in [1.54, 1.807) is 12.1 Å². The Morgan fingerprint density at radius 2 is 2.12 bits per heavy atom. The number of ether oxygens (including phenoxy) is 1. The standard InChI is InChI=1S/C13H18FNO2/c1-9(16)15-8-13(2,3)10-5-6-11(14)12(7-10)17-4/h5-7H,8H2,1-4H3,(H,15,16). The highest BCUT2D eigenvalue weighted by Gasteiger charge is 2.22. The number of benzene rings is 1. The van der Waals surface area contributed by atoms with Gasteiger partial charge in [0.25, 0.3) is 0 Å². The largest absolute Gasteiger partial charge is 0.494 e. The minimum atomic E-state index is -0.383. The normalized spacial score (nSPS) is 11.1. The molecule has 0 aromatic heterocycles. The van der Waals surface area contributed by atoms with Crippen molar-refractivity contribution >= 4 is 5.91 Å². The van der Waals surface area contributed by atoms with Crippen LogP contribution in [0.5, 0.6) is 5.75 Å². The lowest BCUT2D eigenvalue weighted by Crippen LogP contribution is -2.35. The number of carbonyl (C=O) groups excluding carboxylic acids is 1. The van der Waals surface area contributed by atoms with Gasteiger partial charge < -0.3 is 10.1 Å². The fraction of sp³-hybridized carbons (Fsp3) is 0.462. The second-order valence-electron chi connectivity index (χ2n) is 4.64. The highest BCUT2D eigenvalue weighted by molar-refractivity contribution is 5.72. The van der Waals surface area contributed by atoms with Gasteiger partial charge in [0.15, 0.2) is 11.6 Å². The van der Waals surface area contributed by atoms with Gasteiger partial charge in [-0.1, -0.05) is 19.9 Å². The van der Waals surface area contributed by atoms with E-state index in [0.29, 0.717) is 6.54 Å². The summed E-state index contributed by atoms with van der Waals surface area (Å²) in [5, 5.41) is 2.76. The van der Waals surface area contributed by atoms with Crippen molar-refractivity contribution in [2.75, 3.05) is 13.7 Å². The van der Waals surface area contributed by atoms with Gasteiger partial charge in [-0.15, -0.1) is 0 Å². The molecule has 0 saturated carbocycles. The van der Waals surface area contributed by atoms with E-state index < -0.39 is 0 Å². The molecule has 0 fully saturated rings. The summed E-state index contributed by atoms with van der Waals surface area (Å²) in [4.78, 5) is 10.9. The monoisotopic (exact) mass is 239 g/mol. The molecule has 0 unspecified atom stereocenters. The molecular weight excluding hydrogens is 221 g/mol. The summed E-state index contributed by atoms with van der Waals surface area (Å²) in [6.45, 7) is 5.93. The number of hydrogen-bond donors (Lipinski definition) is 1. The predicted octanol–water partition coefficient (Wildman–Crippen LogP) is 2.25. The van der Waals surface area contributed by atoms with Gasteiger partial charge >= 0.3 is 0 Å². The molecule has 17 heavy (non-hydrogen) atoms. The van der Waals surface area contributed by atoms with Gasteiger partial charge in [-0.2, -0.15) is 0 Å². The van der Waals surface area contributed by atoms with Gasteiger partial charge in [-0.3, -0.25) is 4.79 Å². The summed E-state index contributed by atoms with van der Waals surface area (Å²) in [5.74, 6) is -0.239. The lowest BCUT2D eigenvalue weighted by Gasteiger charge is -2.25. The number of methoxy groups -OCH3 is 1. The molecule has 1 rings (SSSR count). The molecule has 0 aliphatic rings. The van der Waals surface area contributed by atoms with Crippen molar-refractivity contribution < 1.29 is 13.9 Å². The second-order valence-corrected chi connectivity index (χ2v) is 4.64. The molecule has 0 saturated heterocycles. The first-order chi connectivity index (χ1) is 7.86. The Labute approximate surface area is 101 Å². The Kier molecular flexibility index (Phi) is 4.10. The molecule has 0 radical (unpaired) electrons. The third-order valence-electron chi connectivity index (χ3n) is 2.71. The fourth-order valence-electron chi connectivity index (χ4n) is 1.53. The minimum Gasteiger partial charge on any atom is -0.494 e. The summed E-state index contributed by atoms with van der Waals surface area (Å²) < 4.78 is 18.2. The average Bonchev–Trinajstić information content (AvgIpc) is 2.27. The van der Waals surface area contributed by atoms with Gasteiger partial charge in [0.2, 0.25) is 5.91 Å². The van der Waals surface area contributed by atoms with Gasteiger partial charge in [0, 0.05) is 18.9 Å². The van der Waals surface area contributed by atoms with Crippen LogP contribution in [0.25, 0.3) is 0 Å². The smallest absolute Gasteiger partial charge is 0.216 e. The van der Waals surface area contributed by atoms with Crippen LogP contribution in [0.1, 0.15) is 26.3 Å². The SMILES string of the molecule is COc1cc(C(C)(C)CNC(C)=O)ccc1F. The third-order valence-corrected chi connectivity index (χ3v) is 2.71. The zero-order valence-corrected chi connectivity index (χ0v) is 10.6. The maximum absolute atomic E-state index is 13.3. The molecule has 1 aromatic rings. The van der Waals surface area contributed by atoms with Crippen molar-refractivity contribution in [1.29, 1.82) is 0 Å². The molecule has 94 valence electrons. The first-order valence-electron chi connectivity index (χ1n) is 5.45. The van der Waals surface area contributed by atoms with Gasteiger partial charge in [0.1, 0.15) is 0 Å². The highest BCUT2D eigenvalue weighted by atomic mass is 19.1. The number of hydrogen-bond acceptors (Lipinski definition) is 2. The van der Waals surface area contributed by atoms with Crippen molar-refractivity contribution in [3.05, 3.63) is 29.6 Å². The van der Waals surface area contributed by atoms with Gasteiger partial charge in [0.05, 0.1) is 7.11 Å². The summed E-state index contributed by atoms with van der Waals surface area (Å²) in [5.41, 5.74) is 0.650. The number of amides is 1. The molecule has 0 bridgehead atoms. The lowest BCUT2D eigenvalue weighted by molar-refractivity contribution is -0.119. The molecule has 0 atom stereocenters. The molecule has 0 aliphatic heterocycles. The average molecular weight is 239 g/mol. The quantitative estimate of drug-likeness (QED) is 0.875. The first kappa shape index (κ1) is 13.5. The van der Waals surface area contributed by atoms with Gasteiger partial charge in [-0.25, -0.2) is 4.39 Å². The molecular formula is C13H18FNO2. The van der Waals surface area contributed by atoms with Crippen LogP contribution in [-0.2, 0) is 10.2 Å². The van der Waals surface area contributed by atoms with Crippen LogP contribution in [0.2, 0.25) is 0 Å². The molecule has 0 spiro atoms. The molecule has 3 nitrogen and oxygen atoms in total. The Balaban J connectivity index is 2.93. The molecule has 1 N–H and O–H groups in total. The van der Waals surface area contributed by atoms with Crippen molar-refractivity contribution in [3.63, 3.8) is 0 Å². The van der Waals surface area contributed by atoms with Crippen LogP contribution in [0.4, 0.5) is 4.39 Å². The van der Waals surface area contributed by atoms with E-state index in [-0.39, 0.29) is 22.9 Å². The van der Waals surface area contributed by atoms with Crippen molar-refractivity contribution in [1.82, 2.24) is 5.32 Å². The predicted molar refractivity (Wildman–Crippen MR) is 64.7 cm³/mol. The topological polar surface area (TPSA) is 38.3 Å². The van der Waals surface area contributed by atoms with E-state index in [9.17, 15) is 9.18 Å². The molecule has 1 aromatic carbocycles. The Morgan fingerprint density at radius 3 is 2.65 bits per heavy atom. The van der Waals surface area contributed by atoms with Crippen molar-refractivity contribution in [3.8, 4) is 5.75 Å². The number of nitrogens with one attached hydrogen (secondary N) is 1. The highest BCUT2D eigenvalue weighted by Crippen LogP contribution is 2.27. The number of halogens is 1. The van der Waals surface area contributed by atoms with Crippen molar-refractivity contribution in [2.45, 2.75) is 26.2 Å². The summed E-state index contributed by atoms with van der Waals surface area (Å²) >= 11 is 0. The first-order valence-corrected chi connectivity index (χ1v) is 5.45. The lowest BCUT2D eigenvalue weighted by atomic mass is 9.84. The van der Waals surface area contributed by atoms with Crippen LogP contribution in [0.15, 0.2) is 18.2 Å². The maximum Gasteiger partial charge on any atom is 0.216 e. The maximum atomic E-state index is 13.3. The minimum absolute atomic E-state index is 0.0767. The molecule has 4 heteroatoms. The summed E-state index contributed by atoms with van der Waals surface area (Å²) in [6, 6.07) is 4.75. The second kappa shape index (κ2) is 5.17. The van der Waals surface area contributed by atoms with E-state index >= 15 is 0 Å². The Bertz CT molecular complexity index is 416. The fourth-order valence-corrected chi connectivity index (χ4v) is 1.53. The number of carbonyl (C=O) groups is 1. The van der Waals surface area contributed by atoms with E-state index in [1.807, 2.05) is 13.8 Å². The van der Waals surface area contributed by atoms with E-state index in [0.717, 1.165) is 5.56 Å². The van der Waals surface area contributed by atoms with E-state index in [4.69, 9.17) is 4.74 Å². The Hall–Kier alpha value is -1.58. The van der Waals surface area contributed by atoms with E-state index in [1.165, 1.54) is 20.1 Å². The zero-order valence-electron chi connectivity index (χ0n) is 10.6. The van der Waals surface area contributed by atoms with Crippen LogP contribution < -0.4 is 10.1 Å². The third kappa shape index (κ3) is 3.44. The molecule has 1 amide bonds. The number of rotatable bonds is 4. The van der Waals surface area contributed by atoms with E-state index in [2.05, 4.69) is 5.32 Å². The summed E-state index contributed by atoms with van der Waals surface area (Å²) in [6.07, 6.45) is 0.